The number of rotatable bonds is 3. The van der Waals surface area contributed by atoms with Gasteiger partial charge in [-0.2, -0.15) is 0 Å². The molecule has 1 amide bonds. The van der Waals surface area contributed by atoms with E-state index in [4.69, 9.17) is 5.73 Å². The number of carbonyl (C=O) groups is 1. The molecule has 1 fully saturated rings. The van der Waals surface area contributed by atoms with Crippen LogP contribution in [0, 0.1) is 6.92 Å². The number of carbonyl (C=O) groups excluding carboxylic acids is 1. The van der Waals surface area contributed by atoms with E-state index in [1.54, 1.807) is 6.92 Å². The van der Waals surface area contributed by atoms with Crippen molar-refractivity contribution in [3.8, 4) is 0 Å². The molecule has 0 radical (unpaired) electrons. The molecule has 0 spiro atoms. The molecule has 2 N–H and O–H groups in total. The Morgan fingerprint density at radius 3 is 2.26 bits per heavy atom. The van der Waals surface area contributed by atoms with Crippen LogP contribution in [0.1, 0.15) is 24.1 Å². The van der Waals surface area contributed by atoms with Gasteiger partial charge in [0.15, 0.2) is 0 Å². The van der Waals surface area contributed by atoms with E-state index >= 15 is 0 Å². The molecular weight excluding hydrogens is 238 g/mol. The Bertz CT molecular complexity index is 422. The van der Waals surface area contributed by atoms with E-state index < -0.39 is 0 Å². The van der Waals surface area contributed by atoms with Crippen molar-refractivity contribution < 1.29 is 4.79 Å². The highest BCUT2D eigenvalue weighted by molar-refractivity contribution is 5.73. The Labute approximate surface area is 115 Å². The molecule has 2 rings (SSSR count). The lowest BCUT2D eigenvalue weighted by Gasteiger charge is -2.38. The number of nitrogens with two attached hydrogens (primary N) is 1. The third-order valence-corrected chi connectivity index (χ3v) is 3.89. The van der Waals surface area contributed by atoms with Crippen molar-refractivity contribution in [2.75, 3.05) is 32.7 Å². The zero-order valence-electron chi connectivity index (χ0n) is 11.8. The number of hydrogen-bond donors (Lipinski definition) is 1. The summed E-state index contributed by atoms with van der Waals surface area (Å²) in [7, 11) is 0. The molecule has 0 aliphatic carbocycles. The average molecular weight is 261 g/mol. The highest BCUT2D eigenvalue weighted by atomic mass is 16.2. The minimum Gasteiger partial charge on any atom is -0.340 e. The fraction of sp³-hybridized carbons (Fsp3) is 0.533. The number of nitrogens with zero attached hydrogens (tertiary/aromatic N) is 2. The molecule has 104 valence electrons. The normalized spacial score (nSPS) is 18.4. The van der Waals surface area contributed by atoms with Crippen molar-refractivity contribution in [1.82, 2.24) is 9.80 Å². The van der Waals surface area contributed by atoms with E-state index in [0.29, 0.717) is 6.54 Å². The van der Waals surface area contributed by atoms with Crippen LogP contribution in [0.3, 0.4) is 0 Å². The molecular formula is C15H23N3O. The highest BCUT2D eigenvalue weighted by Gasteiger charge is 2.24. The van der Waals surface area contributed by atoms with Gasteiger partial charge in [-0.1, -0.05) is 29.8 Å². The van der Waals surface area contributed by atoms with Gasteiger partial charge in [0.2, 0.25) is 5.91 Å². The van der Waals surface area contributed by atoms with E-state index in [-0.39, 0.29) is 11.9 Å². The molecule has 1 aromatic rings. The predicted molar refractivity (Wildman–Crippen MR) is 76.8 cm³/mol. The van der Waals surface area contributed by atoms with E-state index in [0.717, 1.165) is 26.2 Å². The Morgan fingerprint density at radius 2 is 1.79 bits per heavy atom. The summed E-state index contributed by atoms with van der Waals surface area (Å²) in [6, 6.07) is 8.83. The van der Waals surface area contributed by atoms with Crippen LogP contribution in [-0.2, 0) is 4.79 Å². The minimum absolute atomic E-state index is 0.166. The monoisotopic (exact) mass is 261 g/mol. The van der Waals surface area contributed by atoms with E-state index in [2.05, 4.69) is 36.1 Å². The van der Waals surface area contributed by atoms with E-state index in [9.17, 15) is 4.79 Å². The van der Waals surface area contributed by atoms with Gasteiger partial charge in [-0.25, -0.2) is 0 Å². The molecule has 19 heavy (non-hydrogen) atoms. The summed E-state index contributed by atoms with van der Waals surface area (Å²) >= 11 is 0. The lowest BCUT2D eigenvalue weighted by atomic mass is 10.0. The van der Waals surface area contributed by atoms with Gasteiger partial charge in [0.1, 0.15) is 0 Å². The Balaban J connectivity index is 2.03. The van der Waals surface area contributed by atoms with Crippen molar-refractivity contribution in [2.45, 2.75) is 19.9 Å². The second kappa shape index (κ2) is 6.17. The van der Waals surface area contributed by atoms with Gasteiger partial charge in [-0.05, 0) is 12.5 Å². The first-order chi connectivity index (χ1) is 9.11. The van der Waals surface area contributed by atoms with Crippen molar-refractivity contribution in [2.24, 2.45) is 5.73 Å². The lowest BCUT2D eigenvalue weighted by Crippen LogP contribution is -2.50. The molecule has 1 atom stereocenters. The fourth-order valence-corrected chi connectivity index (χ4v) is 2.63. The van der Waals surface area contributed by atoms with Gasteiger partial charge in [0.25, 0.3) is 0 Å². The summed E-state index contributed by atoms with van der Waals surface area (Å²) in [5.41, 5.74) is 8.48. The van der Waals surface area contributed by atoms with Crippen LogP contribution in [0.2, 0.25) is 0 Å². The maximum Gasteiger partial charge on any atom is 0.219 e. The quantitative estimate of drug-likeness (QED) is 0.888. The van der Waals surface area contributed by atoms with Crippen LogP contribution in [-0.4, -0.2) is 48.4 Å². The summed E-state index contributed by atoms with van der Waals surface area (Å²) in [5, 5.41) is 0. The van der Waals surface area contributed by atoms with Crippen LogP contribution in [0.25, 0.3) is 0 Å². The molecule has 1 saturated heterocycles. The molecule has 1 aliphatic heterocycles. The summed E-state index contributed by atoms with van der Waals surface area (Å²) in [6.45, 7) is 7.74. The molecule has 4 heteroatoms. The van der Waals surface area contributed by atoms with E-state index in [1.807, 2.05) is 4.90 Å². The van der Waals surface area contributed by atoms with Gasteiger partial charge >= 0.3 is 0 Å². The smallest absolute Gasteiger partial charge is 0.219 e. The SMILES string of the molecule is CC(=O)N1CCN(C(CN)c2ccc(C)cc2)CC1. The molecule has 1 aliphatic rings. The van der Waals surface area contributed by atoms with Crippen LogP contribution in [0.4, 0.5) is 0 Å². The summed E-state index contributed by atoms with van der Waals surface area (Å²) in [4.78, 5) is 15.6. The van der Waals surface area contributed by atoms with E-state index in [1.165, 1.54) is 11.1 Å². The number of aryl methyl sites for hydroxylation is 1. The van der Waals surface area contributed by atoms with Crippen LogP contribution >= 0.6 is 0 Å². The van der Waals surface area contributed by atoms with Crippen LogP contribution < -0.4 is 5.73 Å². The molecule has 1 unspecified atom stereocenters. The maximum atomic E-state index is 11.3. The summed E-state index contributed by atoms with van der Waals surface area (Å²) < 4.78 is 0. The number of benzene rings is 1. The minimum atomic E-state index is 0.166. The second-order valence-electron chi connectivity index (χ2n) is 5.20. The number of hydrogen-bond acceptors (Lipinski definition) is 3. The van der Waals surface area contributed by atoms with Crippen molar-refractivity contribution >= 4 is 5.91 Å². The lowest BCUT2D eigenvalue weighted by molar-refractivity contribution is -0.130. The number of amides is 1. The van der Waals surface area contributed by atoms with Gasteiger partial charge < -0.3 is 10.6 Å². The first kappa shape index (κ1) is 14.0. The molecule has 0 saturated carbocycles. The van der Waals surface area contributed by atoms with Crippen LogP contribution in [0.15, 0.2) is 24.3 Å². The Kier molecular flexibility index (Phi) is 4.56. The highest BCUT2D eigenvalue weighted by Crippen LogP contribution is 2.21. The fourth-order valence-electron chi connectivity index (χ4n) is 2.63. The maximum absolute atomic E-state index is 11.3. The molecule has 0 bridgehead atoms. The average Bonchev–Trinajstić information content (AvgIpc) is 2.42. The van der Waals surface area contributed by atoms with Gasteiger partial charge in [-0.15, -0.1) is 0 Å². The van der Waals surface area contributed by atoms with Crippen molar-refractivity contribution in [3.63, 3.8) is 0 Å². The standard InChI is InChI=1S/C15H23N3O/c1-12-3-5-14(6-4-12)15(11-16)18-9-7-17(8-10-18)13(2)19/h3-6,15H,7-11,16H2,1-2H3. The zero-order chi connectivity index (χ0) is 13.8. The zero-order valence-corrected chi connectivity index (χ0v) is 11.8. The molecule has 0 aromatic heterocycles. The molecule has 4 nitrogen and oxygen atoms in total. The largest absolute Gasteiger partial charge is 0.340 e. The Hall–Kier alpha value is -1.39. The van der Waals surface area contributed by atoms with Gasteiger partial charge in [0, 0.05) is 45.7 Å². The van der Waals surface area contributed by atoms with Crippen LogP contribution in [0.5, 0.6) is 0 Å². The Morgan fingerprint density at radius 1 is 1.21 bits per heavy atom. The first-order valence-corrected chi connectivity index (χ1v) is 6.88. The first-order valence-electron chi connectivity index (χ1n) is 6.88. The third-order valence-electron chi connectivity index (χ3n) is 3.89. The molecule has 1 aromatic carbocycles. The summed E-state index contributed by atoms with van der Waals surface area (Å²) in [6.07, 6.45) is 0. The van der Waals surface area contributed by atoms with Crippen molar-refractivity contribution in [3.05, 3.63) is 35.4 Å². The van der Waals surface area contributed by atoms with Crippen molar-refractivity contribution in [1.29, 1.82) is 0 Å². The second-order valence-corrected chi connectivity index (χ2v) is 5.20. The predicted octanol–water partition coefficient (Wildman–Crippen LogP) is 1.16. The molecule has 1 heterocycles. The van der Waals surface area contributed by atoms with Gasteiger partial charge in [0.05, 0.1) is 0 Å². The third kappa shape index (κ3) is 3.33. The summed E-state index contributed by atoms with van der Waals surface area (Å²) in [5.74, 6) is 0.166. The topological polar surface area (TPSA) is 49.6 Å². The van der Waals surface area contributed by atoms with Gasteiger partial charge in [-0.3, -0.25) is 9.69 Å². The number of piperazine rings is 1.